The minimum atomic E-state index is -0.298. The molecule has 1 amide bonds. The van der Waals surface area contributed by atoms with Crippen molar-refractivity contribution in [2.45, 2.75) is 6.04 Å². The first kappa shape index (κ1) is 17.3. The molecule has 2 aromatic heterocycles. The van der Waals surface area contributed by atoms with Gasteiger partial charge in [0.05, 0.1) is 6.26 Å². The van der Waals surface area contributed by atoms with Crippen molar-refractivity contribution in [3.63, 3.8) is 0 Å². The summed E-state index contributed by atoms with van der Waals surface area (Å²) in [5, 5.41) is 5.48. The first-order valence-electron chi connectivity index (χ1n) is 8.48. The number of amides is 1. The van der Waals surface area contributed by atoms with Crippen LogP contribution in [0.3, 0.4) is 0 Å². The van der Waals surface area contributed by atoms with Gasteiger partial charge in [-0.25, -0.2) is 4.98 Å². The molecule has 1 aliphatic rings. The van der Waals surface area contributed by atoms with E-state index in [-0.39, 0.29) is 11.9 Å². The largest absolute Gasteiger partial charge is 0.463 e. The average molecular weight is 386 g/mol. The molecule has 0 saturated carbocycles. The van der Waals surface area contributed by atoms with E-state index in [9.17, 15) is 4.79 Å². The second-order valence-corrected chi connectivity index (χ2v) is 8.05. The van der Waals surface area contributed by atoms with Gasteiger partial charge in [-0.2, -0.15) is 11.8 Å². The second kappa shape index (κ2) is 8.07. The summed E-state index contributed by atoms with van der Waals surface area (Å²) >= 11 is 3.34. The highest BCUT2D eigenvalue weighted by Crippen LogP contribution is 2.28. The predicted molar refractivity (Wildman–Crippen MR) is 107 cm³/mol. The van der Waals surface area contributed by atoms with Crippen molar-refractivity contribution in [2.24, 2.45) is 0 Å². The van der Waals surface area contributed by atoms with Gasteiger partial charge in [0.15, 0.2) is 10.9 Å². The average Bonchev–Trinajstić information content (AvgIpc) is 3.35. The van der Waals surface area contributed by atoms with Crippen LogP contribution in [0.4, 0.5) is 5.13 Å². The zero-order valence-electron chi connectivity index (χ0n) is 14.1. The Kier molecular flexibility index (Phi) is 5.38. The number of hydrogen-bond donors (Lipinski definition) is 1. The summed E-state index contributed by atoms with van der Waals surface area (Å²) < 4.78 is 5.37. The van der Waals surface area contributed by atoms with Crippen LogP contribution in [0.15, 0.2) is 58.5 Å². The molecule has 1 N–H and O–H groups in total. The van der Waals surface area contributed by atoms with Gasteiger partial charge in [0.25, 0.3) is 0 Å². The van der Waals surface area contributed by atoms with Crippen molar-refractivity contribution in [3.05, 3.63) is 59.7 Å². The van der Waals surface area contributed by atoms with Crippen LogP contribution in [0.5, 0.6) is 0 Å². The van der Waals surface area contributed by atoms with Crippen LogP contribution in [0, 0.1) is 0 Å². The summed E-state index contributed by atoms with van der Waals surface area (Å²) in [5.74, 6) is 2.77. The number of rotatable bonds is 5. The van der Waals surface area contributed by atoms with E-state index in [4.69, 9.17) is 4.42 Å². The molecule has 1 saturated heterocycles. The highest BCUT2D eigenvalue weighted by Gasteiger charge is 2.29. The number of thioether (sulfide) groups is 1. The molecular weight excluding hydrogens is 366 g/mol. The first-order valence-corrected chi connectivity index (χ1v) is 10.5. The minimum absolute atomic E-state index is 0.0385. The van der Waals surface area contributed by atoms with E-state index in [1.807, 2.05) is 59.6 Å². The van der Waals surface area contributed by atoms with E-state index in [2.05, 4.69) is 15.2 Å². The van der Waals surface area contributed by atoms with Crippen molar-refractivity contribution in [1.29, 1.82) is 0 Å². The maximum absolute atomic E-state index is 13.1. The molecule has 4 rings (SSSR count). The van der Waals surface area contributed by atoms with Gasteiger partial charge in [-0.15, -0.1) is 11.3 Å². The summed E-state index contributed by atoms with van der Waals surface area (Å²) in [6.07, 6.45) is 1.62. The number of aromatic nitrogens is 1. The Labute approximate surface area is 160 Å². The second-order valence-electron chi connectivity index (χ2n) is 5.97. The van der Waals surface area contributed by atoms with Gasteiger partial charge in [-0.1, -0.05) is 30.3 Å². The molecule has 1 aromatic carbocycles. The third kappa shape index (κ3) is 3.85. The van der Waals surface area contributed by atoms with E-state index in [0.717, 1.165) is 35.9 Å². The summed E-state index contributed by atoms with van der Waals surface area (Å²) in [6.45, 7) is 1.82. The Morgan fingerprint density at radius 3 is 2.69 bits per heavy atom. The van der Waals surface area contributed by atoms with Gasteiger partial charge in [-0.05, 0) is 17.7 Å². The van der Waals surface area contributed by atoms with Gasteiger partial charge in [0.1, 0.15) is 11.7 Å². The molecule has 1 aliphatic heterocycles. The lowest BCUT2D eigenvalue weighted by molar-refractivity contribution is -0.121. The third-order valence-electron chi connectivity index (χ3n) is 4.28. The number of furan rings is 1. The van der Waals surface area contributed by atoms with Crippen LogP contribution in [0.2, 0.25) is 0 Å². The van der Waals surface area contributed by atoms with Gasteiger partial charge in [-0.3, -0.25) is 9.69 Å². The smallest absolute Gasteiger partial charge is 0.248 e. The number of anilines is 1. The van der Waals surface area contributed by atoms with Crippen LogP contribution in [-0.4, -0.2) is 40.4 Å². The van der Waals surface area contributed by atoms with Crippen molar-refractivity contribution in [2.75, 3.05) is 29.9 Å². The highest BCUT2D eigenvalue weighted by molar-refractivity contribution is 7.99. The number of carbonyl (C=O) groups is 1. The van der Waals surface area contributed by atoms with Crippen LogP contribution >= 0.6 is 23.1 Å². The van der Waals surface area contributed by atoms with Crippen LogP contribution in [0.25, 0.3) is 11.5 Å². The maximum Gasteiger partial charge on any atom is 0.248 e. The molecular formula is C19H19N3O2S2. The highest BCUT2D eigenvalue weighted by atomic mass is 32.2. The van der Waals surface area contributed by atoms with E-state index < -0.39 is 0 Å². The standard InChI is InChI=1S/C19H19N3O2S2/c23-18(21-19-20-15(13-26-19)16-7-4-10-24-16)17(14-5-2-1-3-6-14)22-8-11-25-12-9-22/h1-7,10,13,17H,8-9,11-12H2,(H,20,21,23)/t17-/m0/s1. The Hall–Kier alpha value is -2.09. The lowest BCUT2D eigenvalue weighted by atomic mass is 10.0. The van der Waals surface area contributed by atoms with Crippen LogP contribution in [0.1, 0.15) is 11.6 Å². The molecule has 134 valence electrons. The van der Waals surface area contributed by atoms with Crippen LogP contribution in [-0.2, 0) is 4.79 Å². The molecule has 7 heteroatoms. The zero-order chi connectivity index (χ0) is 17.8. The minimum Gasteiger partial charge on any atom is -0.463 e. The van der Waals surface area contributed by atoms with Crippen molar-refractivity contribution in [1.82, 2.24) is 9.88 Å². The fourth-order valence-electron chi connectivity index (χ4n) is 3.04. The van der Waals surface area contributed by atoms with Crippen LogP contribution < -0.4 is 5.32 Å². The normalized spacial score (nSPS) is 16.3. The number of nitrogens with zero attached hydrogens (tertiary/aromatic N) is 2. The van der Waals surface area contributed by atoms with E-state index in [1.54, 1.807) is 6.26 Å². The van der Waals surface area contributed by atoms with Gasteiger partial charge >= 0.3 is 0 Å². The Morgan fingerprint density at radius 1 is 1.15 bits per heavy atom. The van der Waals surface area contributed by atoms with Gasteiger partial charge in [0, 0.05) is 30.0 Å². The van der Waals surface area contributed by atoms with E-state index in [1.165, 1.54) is 11.3 Å². The Morgan fingerprint density at radius 2 is 1.96 bits per heavy atom. The molecule has 1 atom stereocenters. The summed E-state index contributed by atoms with van der Waals surface area (Å²) in [6, 6.07) is 13.4. The predicted octanol–water partition coefficient (Wildman–Crippen LogP) is 4.13. The molecule has 0 aliphatic carbocycles. The van der Waals surface area contributed by atoms with Crippen molar-refractivity contribution >= 4 is 34.1 Å². The van der Waals surface area contributed by atoms with E-state index in [0.29, 0.717) is 10.9 Å². The first-order chi connectivity index (χ1) is 12.8. The summed E-state index contributed by atoms with van der Waals surface area (Å²) in [5.41, 5.74) is 1.75. The molecule has 0 bridgehead atoms. The molecule has 0 spiro atoms. The third-order valence-corrected chi connectivity index (χ3v) is 5.98. The Balaban J connectivity index is 1.54. The summed E-state index contributed by atoms with van der Waals surface area (Å²) in [4.78, 5) is 19.8. The molecule has 0 radical (unpaired) electrons. The lowest BCUT2D eigenvalue weighted by Crippen LogP contribution is -2.41. The maximum atomic E-state index is 13.1. The van der Waals surface area contributed by atoms with Gasteiger partial charge < -0.3 is 9.73 Å². The Bertz CT molecular complexity index is 843. The molecule has 0 unspecified atom stereocenters. The molecule has 1 fully saturated rings. The monoisotopic (exact) mass is 385 g/mol. The SMILES string of the molecule is O=C(Nc1nc(-c2ccco2)cs1)[C@H](c1ccccc1)N1CCSCC1. The van der Waals surface area contributed by atoms with Crippen molar-refractivity contribution < 1.29 is 9.21 Å². The zero-order valence-corrected chi connectivity index (χ0v) is 15.8. The molecule has 5 nitrogen and oxygen atoms in total. The number of thiazole rings is 1. The number of benzene rings is 1. The van der Waals surface area contributed by atoms with Gasteiger partial charge in [0.2, 0.25) is 5.91 Å². The van der Waals surface area contributed by atoms with Crippen molar-refractivity contribution in [3.8, 4) is 11.5 Å². The fraction of sp³-hybridized carbons (Fsp3) is 0.263. The quantitative estimate of drug-likeness (QED) is 0.716. The lowest BCUT2D eigenvalue weighted by Gasteiger charge is -2.33. The summed E-state index contributed by atoms with van der Waals surface area (Å²) in [7, 11) is 0. The number of carbonyl (C=O) groups excluding carboxylic acids is 1. The number of nitrogens with one attached hydrogen (secondary N) is 1. The molecule has 26 heavy (non-hydrogen) atoms. The topological polar surface area (TPSA) is 58.4 Å². The fourth-order valence-corrected chi connectivity index (χ4v) is 4.68. The van der Waals surface area contributed by atoms with E-state index >= 15 is 0 Å². The molecule has 3 aromatic rings. The molecule has 3 heterocycles. The number of hydrogen-bond acceptors (Lipinski definition) is 6.